The molecule has 0 nitrogen and oxygen atoms in total. The normalized spacial score (nSPS) is 12.0. The molecule has 0 unspecified atom stereocenters. The largest absolute Gasteiger partial charge is 0.126 e. The molecule has 1 heteroatoms. The lowest BCUT2D eigenvalue weighted by atomic mass is 9.89. The Kier molecular flexibility index (Phi) is 5.15. The highest BCUT2D eigenvalue weighted by atomic mass is 35.5. The number of hydrogen-bond donors (Lipinski definition) is 0. The predicted molar refractivity (Wildman–Crippen MR) is 48.6 cm³/mol. The number of alkyl halides is 1. The molecular weight excluding hydrogens is 144 g/mol. The van der Waals surface area contributed by atoms with E-state index in [-0.39, 0.29) is 0 Å². The molecular formula is C9H19Cl. The van der Waals surface area contributed by atoms with Gasteiger partial charge in [-0.15, -0.1) is 11.6 Å². The van der Waals surface area contributed by atoms with E-state index < -0.39 is 0 Å². The van der Waals surface area contributed by atoms with E-state index in [0.29, 0.717) is 5.41 Å². The van der Waals surface area contributed by atoms with Crippen molar-refractivity contribution in [1.82, 2.24) is 0 Å². The fraction of sp³-hybridized carbons (Fsp3) is 1.00. The first kappa shape index (κ1) is 10.3. The monoisotopic (exact) mass is 162 g/mol. The van der Waals surface area contributed by atoms with Gasteiger partial charge in [0.2, 0.25) is 0 Å². The first-order chi connectivity index (χ1) is 4.62. The van der Waals surface area contributed by atoms with Crippen LogP contribution in [0.5, 0.6) is 0 Å². The van der Waals surface area contributed by atoms with Crippen LogP contribution in [0.25, 0.3) is 0 Å². The lowest BCUT2D eigenvalue weighted by molar-refractivity contribution is 0.365. The molecule has 0 amide bonds. The molecule has 0 saturated heterocycles. The highest BCUT2D eigenvalue weighted by molar-refractivity contribution is 6.18. The summed E-state index contributed by atoms with van der Waals surface area (Å²) in [5.74, 6) is 0.788. The Labute approximate surface area is 70.0 Å². The van der Waals surface area contributed by atoms with Crippen molar-refractivity contribution in [2.24, 2.45) is 5.41 Å². The Morgan fingerprint density at radius 1 is 1.20 bits per heavy atom. The average Bonchev–Trinajstić information content (AvgIpc) is 1.89. The fourth-order valence-corrected chi connectivity index (χ4v) is 1.05. The third kappa shape index (κ3) is 5.10. The van der Waals surface area contributed by atoms with Gasteiger partial charge in [0.15, 0.2) is 0 Å². The van der Waals surface area contributed by atoms with Crippen molar-refractivity contribution in [1.29, 1.82) is 0 Å². The van der Waals surface area contributed by atoms with E-state index in [2.05, 4.69) is 20.8 Å². The minimum atomic E-state index is 0.358. The first-order valence-electron chi connectivity index (χ1n) is 4.18. The zero-order valence-electron chi connectivity index (χ0n) is 7.41. The molecule has 0 aliphatic rings. The van der Waals surface area contributed by atoms with Crippen LogP contribution in [0.1, 0.15) is 46.5 Å². The second-order valence-corrected chi connectivity index (χ2v) is 4.02. The Bertz CT molecular complexity index is 76.8. The predicted octanol–water partition coefficient (Wildman–Crippen LogP) is 3.83. The lowest BCUT2D eigenvalue weighted by Gasteiger charge is -2.20. The van der Waals surface area contributed by atoms with Crippen molar-refractivity contribution in [2.45, 2.75) is 46.5 Å². The number of hydrogen-bond acceptors (Lipinski definition) is 0. The maximum Gasteiger partial charge on any atom is 0.0274 e. The molecule has 0 aromatic rings. The van der Waals surface area contributed by atoms with Gasteiger partial charge in [-0.25, -0.2) is 0 Å². The number of unbranched alkanes of at least 4 members (excludes halogenated alkanes) is 2. The molecule has 0 aromatic carbocycles. The van der Waals surface area contributed by atoms with Gasteiger partial charge in [0.05, 0.1) is 0 Å². The van der Waals surface area contributed by atoms with Crippen molar-refractivity contribution in [3.8, 4) is 0 Å². The topological polar surface area (TPSA) is 0 Å². The van der Waals surface area contributed by atoms with Crippen LogP contribution >= 0.6 is 11.6 Å². The Balaban J connectivity index is 3.28. The van der Waals surface area contributed by atoms with E-state index in [9.17, 15) is 0 Å². The van der Waals surface area contributed by atoms with E-state index in [0.717, 1.165) is 5.88 Å². The van der Waals surface area contributed by atoms with Crippen molar-refractivity contribution >= 4 is 11.6 Å². The summed E-state index contributed by atoms with van der Waals surface area (Å²) in [4.78, 5) is 0. The summed E-state index contributed by atoms with van der Waals surface area (Å²) in [5, 5.41) is 0. The molecule has 0 spiro atoms. The van der Waals surface area contributed by atoms with Crippen molar-refractivity contribution < 1.29 is 0 Å². The van der Waals surface area contributed by atoms with Gasteiger partial charge >= 0.3 is 0 Å². The smallest absolute Gasteiger partial charge is 0.0274 e. The van der Waals surface area contributed by atoms with Crippen LogP contribution in [0, 0.1) is 5.41 Å². The first-order valence-corrected chi connectivity index (χ1v) is 4.72. The van der Waals surface area contributed by atoms with Crippen LogP contribution in [0.3, 0.4) is 0 Å². The number of halogens is 1. The molecule has 0 heterocycles. The van der Waals surface area contributed by atoms with Gasteiger partial charge in [-0.3, -0.25) is 0 Å². The number of rotatable bonds is 5. The van der Waals surface area contributed by atoms with Gasteiger partial charge in [-0.05, 0) is 11.8 Å². The molecule has 0 aliphatic carbocycles. The molecule has 0 atom stereocenters. The standard InChI is InChI=1S/C9H19Cl/c1-4-5-6-7-9(2,3)8-10/h4-8H2,1-3H3. The minimum absolute atomic E-state index is 0.358. The van der Waals surface area contributed by atoms with E-state index in [1.807, 2.05) is 0 Å². The van der Waals surface area contributed by atoms with Gasteiger partial charge in [-0.2, -0.15) is 0 Å². The quantitative estimate of drug-likeness (QED) is 0.426. The Morgan fingerprint density at radius 3 is 2.20 bits per heavy atom. The summed E-state index contributed by atoms with van der Waals surface area (Å²) in [5.41, 5.74) is 0.358. The second kappa shape index (κ2) is 5.01. The van der Waals surface area contributed by atoms with Crippen LogP contribution in [0.15, 0.2) is 0 Å². The van der Waals surface area contributed by atoms with E-state index >= 15 is 0 Å². The van der Waals surface area contributed by atoms with Gasteiger partial charge in [0.1, 0.15) is 0 Å². The summed E-state index contributed by atoms with van der Waals surface area (Å²) < 4.78 is 0. The van der Waals surface area contributed by atoms with Gasteiger partial charge in [0.25, 0.3) is 0 Å². The highest BCUT2D eigenvalue weighted by Crippen LogP contribution is 2.24. The molecule has 0 bridgehead atoms. The van der Waals surface area contributed by atoms with E-state index in [1.54, 1.807) is 0 Å². The van der Waals surface area contributed by atoms with Gasteiger partial charge in [0, 0.05) is 5.88 Å². The van der Waals surface area contributed by atoms with E-state index in [1.165, 1.54) is 25.7 Å². The Hall–Kier alpha value is 0.290. The van der Waals surface area contributed by atoms with Gasteiger partial charge in [-0.1, -0.05) is 40.0 Å². The molecule has 0 radical (unpaired) electrons. The summed E-state index contributed by atoms with van der Waals surface area (Å²) >= 11 is 5.77. The van der Waals surface area contributed by atoms with Crippen LogP contribution in [0.4, 0.5) is 0 Å². The van der Waals surface area contributed by atoms with Crippen LogP contribution in [-0.4, -0.2) is 5.88 Å². The average molecular weight is 163 g/mol. The molecule has 0 fully saturated rings. The zero-order chi connectivity index (χ0) is 8.04. The van der Waals surface area contributed by atoms with Crippen LogP contribution < -0.4 is 0 Å². The summed E-state index contributed by atoms with van der Waals surface area (Å²) in [6.45, 7) is 6.69. The fourth-order valence-electron chi connectivity index (χ4n) is 0.920. The van der Waals surface area contributed by atoms with Crippen LogP contribution in [0.2, 0.25) is 0 Å². The molecule has 0 rings (SSSR count). The molecule has 0 aromatic heterocycles. The van der Waals surface area contributed by atoms with Crippen molar-refractivity contribution in [3.63, 3.8) is 0 Å². The van der Waals surface area contributed by atoms with Gasteiger partial charge < -0.3 is 0 Å². The summed E-state index contributed by atoms with van der Waals surface area (Å²) in [6, 6.07) is 0. The van der Waals surface area contributed by atoms with Crippen molar-refractivity contribution in [3.05, 3.63) is 0 Å². The molecule has 0 N–H and O–H groups in total. The lowest BCUT2D eigenvalue weighted by Crippen LogP contribution is -2.12. The van der Waals surface area contributed by atoms with Crippen molar-refractivity contribution in [2.75, 3.05) is 5.88 Å². The molecule has 10 heavy (non-hydrogen) atoms. The maximum absolute atomic E-state index is 5.77. The second-order valence-electron chi connectivity index (χ2n) is 3.75. The molecule has 0 saturated carbocycles. The third-order valence-electron chi connectivity index (χ3n) is 1.82. The maximum atomic E-state index is 5.77. The molecule has 0 aliphatic heterocycles. The Morgan fingerprint density at radius 2 is 1.80 bits per heavy atom. The van der Waals surface area contributed by atoms with Crippen LogP contribution in [-0.2, 0) is 0 Å². The van der Waals surface area contributed by atoms with E-state index in [4.69, 9.17) is 11.6 Å². The summed E-state index contributed by atoms with van der Waals surface area (Å²) in [6.07, 6.45) is 5.25. The third-order valence-corrected chi connectivity index (χ3v) is 2.54. The molecule has 62 valence electrons. The zero-order valence-corrected chi connectivity index (χ0v) is 8.17. The highest BCUT2D eigenvalue weighted by Gasteiger charge is 2.14. The minimum Gasteiger partial charge on any atom is -0.126 e. The SMILES string of the molecule is CCCCCC(C)(C)CCl. The summed E-state index contributed by atoms with van der Waals surface area (Å²) in [7, 11) is 0.